The topological polar surface area (TPSA) is 0 Å². The minimum absolute atomic E-state index is 0. The molecular formula is C20H16Fe2S4+4. The second-order valence-electron chi connectivity index (χ2n) is 4.77. The maximum Gasteiger partial charge on any atom is 2.00 e. The average molecular weight is 496 g/mol. The van der Waals surface area contributed by atoms with Gasteiger partial charge in [0.2, 0.25) is 0 Å². The molecule has 4 aliphatic carbocycles. The Hall–Kier alpha value is 2.44. The summed E-state index contributed by atoms with van der Waals surface area (Å²) < 4.78 is 0. The van der Waals surface area contributed by atoms with E-state index in [1.54, 1.807) is 0 Å². The van der Waals surface area contributed by atoms with E-state index < -0.39 is 0 Å². The number of rotatable bonds is 0. The molecule has 5 rings (SSSR count). The first-order chi connectivity index (χ1) is 11.9. The molecule has 0 aromatic carbocycles. The van der Waals surface area contributed by atoms with Gasteiger partial charge >= 0.3 is 34.1 Å². The molecule has 0 N–H and O–H groups in total. The molecule has 0 atom stereocenters. The Bertz CT molecular complexity index is 271. The Balaban J connectivity index is 0.000000235. The van der Waals surface area contributed by atoms with Crippen LogP contribution in [0.4, 0.5) is 0 Å². The van der Waals surface area contributed by atoms with Crippen molar-refractivity contribution in [1.82, 2.24) is 0 Å². The van der Waals surface area contributed by atoms with E-state index in [9.17, 15) is 0 Å². The van der Waals surface area contributed by atoms with Crippen LogP contribution in [0.25, 0.3) is 0 Å². The van der Waals surface area contributed by atoms with E-state index in [-0.39, 0.29) is 34.1 Å². The molecule has 0 aromatic rings. The zero-order valence-corrected chi connectivity index (χ0v) is 19.1. The summed E-state index contributed by atoms with van der Waals surface area (Å²) in [5, 5.41) is 5.55. The first kappa shape index (κ1) is 26.5. The smallest absolute Gasteiger partial charge is 0.0832 e. The van der Waals surface area contributed by atoms with Gasteiger partial charge < -0.3 is 0 Å². The Kier molecular flexibility index (Phi) is 16.5. The van der Waals surface area contributed by atoms with E-state index in [2.05, 4.69) is 38.5 Å². The number of fused-ring (bicyclic) bond motifs is 2. The van der Waals surface area contributed by atoms with Gasteiger partial charge in [-0.25, -0.2) is 0 Å². The fourth-order valence-corrected chi connectivity index (χ4v) is 7.32. The molecule has 4 saturated carbocycles. The van der Waals surface area contributed by atoms with Crippen LogP contribution < -0.4 is 0 Å². The summed E-state index contributed by atoms with van der Waals surface area (Å²) in [6.07, 6.45) is 33.0. The van der Waals surface area contributed by atoms with Crippen molar-refractivity contribution in [1.29, 1.82) is 0 Å². The number of hydrogen-bond acceptors (Lipinski definition) is 4. The molecular weight excluding hydrogens is 480 g/mol. The van der Waals surface area contributed by atoms with Gasteiger partial charge in [-0.3, -0.25) is 0 Å². The second kappa shape index (κ2) is 16.2. The third-order valence-corrected chi connectivity index (χ3v) is 8.25. The van der Waals surface area contributed by atoms with Crippen LogP contribution in [0.2, 0.25) is 0 Å². The van der Waals surface area contributed by atoms with Gasteiger partial charge in [-0.15, -0.1) is 0 Å². The van der Waals surface area contributed by atoms with Crippen LogP contribution >= 0.6 is 43.2 Å². The summed E-state index contributed by atoms with van der Waals surface area (Å²) >= 11 is 0. The molecule has 1 aliphatic heterocycles. The Labute approximate surface area is 199 Å². The van der Waals surface area contributed by atoms with Crippen molar-refractivity contribution < 1.29 is 34.1 Å². The van der Waals surface area contributed by atoms with Crippen molar-refractivity contribution in [2.75, 3.05) is 0 Å². The van der Waals surface area contributed by atoms with Crippen LogP contribution in [0, 0.1) is 124 Å². The Morgan fingerprint density at radius 3 is 0.692 bits per heavy atom. The summed E-state index contributed by atoms with van der Waals surface area (Å²) in [4.78, 5) is 0. The van der Waals surface area contributed by atoms with Crippen molar-refractivity contribution in [2.45, 2.75) is 0 Å². The van der Waals surface area contributed by atoms with Gasteiger partial charge in [-0.2, -0.15) is 0 Å². The normalized spacial score (nSPS) is 26.8. The van der Waals surface area contributed by atoms with Gasteiger partial charge in [-0.1, -0.05) is 43.2 Å². The van der Waals surface area contributed by atoms with E-state index in [0.29, 0.717) is 0 Å². The summed E-state index contributed by atoms with van der Waals surface area (Å²) in [6.45, 7) is 0. The molecule has 6 heteroatoms. The molecule has 26 heavy (non-hydrogen) atoms. The zero-order chi connectivity index (χ0) is 16.5. The van der Waals surface area contributed by atoms with Crippen molar-refractivity contribution >= 4 is 43.2 Å². The molecule has 132 valence electrons. The van der Waals surface area contributed by atoms with E-state index in [0.717, 1.165) is 0 Å². The van der Waals surface area contributed by atoms with Gasteiger partial charge in [0.1, 0.15) is 0 Å². The average Bonchev–Trinajstić information content (AvgIpc) is 3.41. The van der Waals surface area contributed by atoms with Crippen molar-refractivity contribution in [3.8, 4) is 0 Å². The molecule has 5 aliphatic rings. The van der Waals surface area contributed by atoms with Crippen molar-refractivity contribution in [2.24, 2.45) is 0 Å². The largest absolute Gasteiger partial charge is 2.00 e. The Morgan fingerprint density at radius 2 is 0.500 bits per heavy atom. The molecule has 0 aromatic heterocycles. The van der Waals surface area contributed by atoms with E-state index in [4.69, 9.17) is 0 Å². The molecule has 0 nitrogen and oxygen atoms in total. The standard InChI is InChI=1S/C10H6S4.2C5H5.2Fe/c1-3-7-8(4-1)12-14-10-6-2-5-9(10)13-11-7;2*1-2-4-5-3-1;;/h1-6H;2*1-5H;;/q;;;2*+2. The first-order valence-corrected chi connectivity index (χ1v) is 11.8. The molecule has 1 saturated heterocycles. The minimum Gasteiger partial charge on any atom is -0.0832 e. The van der Waals surface area contributed by atoms with Crippen LogP contribution in [0.3, 0.4) is 0 Å². The maximum atomic E-state index is 2.19. The molecule has 5 fully saturated rings. The third kappa shape index (κ3) is 9.50. The molecule has 0 amide bonds. The van der Waals surface area contributed by atoms with Crippen molar-refractivity contribution in [3.05, 3.63) is 124 Å². The van der Waals surface area contributed by atoms with E-state index >= 15 is 0 Å². The van der Waals surface area contributed by atoms with Crippen LogP contribution in [0.5, 0.6) is 0 Å². The SMILES string of the molecule is [CH]1[CH][CH][CH][CH]1.[CH]1[CH][CH][CH][CH]1.[CH]1[CH][C]2SS[C]3[CH][CH][CH][C]3SS[C]2[CH]1.[Fe+2].[Fe+2]. The molecule has 0 spiro atoms. The second-order valence-corrected chi connectivity index (χ2v) is 9.19. The minimum atomic E-state index is 0. The summed E-state index contributed by atoms with van der Waals surface area (Å²) in [5.41, 5.74) is 0. The summed E-state index contributed by atoms with van der Waals surface area (Å²) in [7, 11) is 7.44. The van der Waals surface area contributed by atoms with Crippen LogP contribution in [-0.4, -0.2) is 0 Å². The molecule has 0 unspecified atom stereocenters. The third-order valence-electron chi connectivity index (χ3n) is 3.03. The fraction of sp³-hybridized carbons (Fsp3) is 0. The number of hydrogen-bond donors (Lipinski definition) is 0. The summed E-state index contributed by atoms with van der Waals surface area (Å²) in [5.74, 6) is 0. The zero-order valence-electron chi connectivity index (χ0n) is 13.6. The predicted octanol–water partition coefficient (Wildman–Crippen LogP) is 6.18. The fourth-order valence-electron chi connectivity index (χ4n) is 1.87. The Morgan fingerprint density at radius 1 is 0.308 bits per heavy atom. The quantitative estimate of drug-likeness (QED) is 0.290. The van der Waals surface area contributed by atoms with Crippen molar-refractivity contribution in [3.63, 3.8) is 0 Å². The van der Waals surface area contributed by atoms with Gasteiger partial charge in [0.25, 0.3) is 0 Å². The van der Waals surface area contributed by atoms with Gasteiger partial charge in [0, 0.05) is 0 Å². The van der Waals surface area contributed by atoms with E-state index in [1.807, 2.05) is 107 Å². The molecule has 1 heterocycles. The predicted molar refractivity (Wildman–Crippen MR) is 112 cm³/mol. The van der Waals surface area contributed by atoms with Gasteiger partial charge in [-0.05, 0) is 103 Å². The van der Waals surface area contributed by atoms with E-state index in [1.165, 1.54) is 21.0 Å². The van der Waals surface area contributed by atoms with Gasteiger partial charge in [0.05, 0.1) is 21.0 Å². The first-order valence-electron chi connectivity index (χ1n) is 7.47. The van der Waals surface area contributed by atoms with Crippen LogP contribution in [-0.2, 0) is 34.1 Å². The van der Waals surface area contributed by atoms with Crippen LogP contribution in [0.15, 0.2) is 0 Å². The van der Waals surface area contributed by atoms with Gasteiger partial charge in [0.15, 0.2) is 0 Å². The monoisotopic (exact) mass is 496 g/mol. The molecule has 0 bridgehead atoms. The van der Waals surface area contributed by atoms with Crippen LogP contribution in [0.1, 0.15) is 0 Å². The summed E-state index contributed by atoms with van der Waals surface area (Å²) in [6, 6.07) is 0. The maximum absolute atomic E-state index is 2.19. The molecule has 20 radical (unpaired) electrons.